The summed E-state index contributed by atoms with van der Waals surface area (Å²) in [6.07, 6.45) is 10.5. The molecule has 25 heavy (non-hydrogen) atoms. The molecule has 2 fully saturated rings. The van der Waals surface area contributed by atoms with E-state index in [-0.39, 0.29) is 5.41 Å². The zero-order chi connectivity index (χ0) is 17.7. The van der Waals surface area contributed by atoms with Crippen molar-refractivity contribution in [2.75, 3.05) is 0 Å². The molecule has 1 saturated carbocycles. The second kappa shape index (κ2) is 6.31. The van der Waals surface area contributed by atoms with E-state index in [9.17, 15) is 0 Å². The minimum atomic E-state index is 0.274. The summed E-state index contributed by atoms with van der Waals surface area (Å²) in [5.74, 6) is 0. The molecule has 0 amide bonds. The van der Waals surface area contributed by atoms with E-state index in [1.165, 1.54) is 25.7 Å². The molecule has 2 aromatic rings. The van der Waals surface area contributed by atoms with Gasteiger partial charge in [0.05, 0.1) is 16.8 Å². The Labute approximate surface area is 159 Å². The highest BCUT2D eigenvalue weighted by molar-refractivity contribution is 8.11. The van der Waals surface area contributed by atoms with Crippen LogP contribution in [0, 0.1) is 10.8 Å². The summed E-state index contributed by atoms with van der Waals surface area (Å²) < 4.78 is 2.52. The smallest absolute Gasteiger partial charge is 0.113 e. The summed E-state index contributed by atoms with van der Waals surface area (Å²) in [5.41, 5.74) is 2.68. The summed E-state index contributed by atoms with van der Waals surface area (Å²) in [6.45, 7) is 7.23. The topological polar surface area (TPSA) is 43.6 Å². The van der Waals surface area contributed by atoms with E-state index in [1.54, 1.807) is 12.4 Å². The number of thiol groups is 1. The van der Waals surface area contributed by atoms with Gasteiger partial charge in [-0.2, -0.15) is 12.6 Å². The second-order valence-corrected chi connectivity index (χ2v) is 10.4. The zero-order valence-electron chi connectivity index (χ0n) is 15.1. The molecule has 2 aliphatic rings. The maximum Gasteiger partial charge on any atom is 0.113 e. The molecule has 0 radical (unpaired) electrons. The largest absolute Gasteiger partial charge is 0.265 e. The van der Waals surface area contributed by atoms with Gasteiger partial charge in [0.1, 0.15) is 5.69 Å². The fourth-order valence-corrected chi connectivity index (χ4v) is 7.37. The number of rotatable bonds is 2. The molecule has 1 spiro atoms. The van der Waals surface area contributed by atoms with E-state index < -0.39 is 0 Å². The van der Waals surface area contributed by atoms with Crippen LogP contribution in [0.2, 0.25) is 0 Å². The highest BCUT2D eigenvalue weighted by Gasteiger charge is 2.58. The van der Waals surface area contributed by atoms with Crippen molar-refractivity contribution in [1.29, 1.82) is 0 Å². The van der Waals surface area contributed by atoms with Crippen LogP contribution in [0.1, 0.15) is 52.5 Å². The van der Waals surface area contributed by atoms with Crippen molar-refractivity contribution in [1.82, 2.24) is 20.0 Å². The van der Waals surface area contributed by atoms with Crippen LogP contribution < -0.4 is 0 Å². The Morgan fingerprint density at radius 3 is 2.48 bits per heavy atom. The molecule has 4 nitrogen and oxygen atoms in total. The summed E-state index contributed by atoms with van der Waals surface area (Å²) >= 11 is 6.94. The van der Waals surface area contributed by atoms with Crippen molar-refractivity contribution in [2.24, 2.45) is 10.8 Å². The molecule has 4 rings (SSSR count). The predicted molar refractivity (Wildman–Crippen MR) is 107 cm³/mol. The maximum absolute atomic E-state index is 4.88. The van der Waals surface area contributed by atoms with Crippen LogP contribution in [0.15, 0.2) is 30.7 Å². The van der Waals surface area contributed by atoms with Crippen molar-refractivity contribution < 1.29 is 0 Å². The standard InChI is InChI=1S/C19H26N4S2/c1-13-19(18(2,3)17(24)25-13)8-4-15(5-9-19)23-12-16(21-22-23)14-6-10-20-11-7-14/h6-7,10-13,15,17,24H,4-5,8-9H2,1-3H3. The monoisotopic (exact) mass is 374 g/mol. The third-order valence-electron chi connectivity index (χ3n) is 6.72. The van der Waals surface area contributed by atoms with E-state index in [0.29, 0.717) is 21.3 Å². The number of hydrogen-bond acceptors (Lipinski definition) is 5. The van der Waals surface area contributed by atoms with Crippen LogP contribution in [0.3, 0.4) is 0 Å². The molecule has 0 N–H and O–H groups in total. The summed E-state index contributed by atoms with van der Waals surface area (Å²) in [5, 5.41) is 9.48. The fourth-order valence-electron chi connectivity index (χ4n) is 4.81. The lowest BCUT2D eigenvalue weighted by Crippen LogP contribution is -2.44. The fraction of sp³-hybridized carbons (Fsp3) is 0.632. The molecule has 2 aromatic heterocycles. The number of aromatic nitrogens is 4. The van der Waals surface area contributed by atoms with Crippen LogP contribution in [0.5, 0.6) is 0 Å². The Kier molecular flexibility index (Phi) is 4.39. The van der Waals surface area contributed by atoms with Crippen LogP contribution in [-0.2, 0) is 0 Å². The predicted octanol–water partition coefficient (Wildman–Crippen LogP) is 4.86. The number of pyridine rings is 1. The van der Waals surface area contributed by atoms with E-state index >= 15 is 0 Å². The lowest BCUT2D eigenvalue weighted by Gasteiger charge is -2.49. The first-order chi connectivity index (χ1) is 11.9. The first-order valence-electron chi connectivity index (χ1n) is 9.10. The Hall–Kier alpha value is -1.01. The molecule has 3 heterocycles. The Morgan fingerprint density at radius 1 is 1.20 bits per heavy atom. The quantitative estimate of drug-likeness (QED) is 0.763. The second-order valence-electron chi connectivity index (χ2n) is 8.06. The van der Waals surface area contributed by atoms with Gasteiger partial charge in [-0.05, 0) is 48.6 Å². The zero-order valence-corrected chi connectivity index (χ0v) is 16.8. The van der Waals surface area contributed by atoms with Gasteiger partial charge in [0, 0.05) is 23.2 Å². The SMILES string of the molecule is CC1SC(S)C(C)(C)C12CCC(n1cc(-c3ccncc3)nn1)CC2. The molecule has 1 aliphatic carbocycles. The van der Waals surface area contributed by atoms with Crippen molar-refractivity contribution >= 4 is 24.4 Å². The Bertz CT molecular complexity index is 735. The lowest BCUT2D eigenvalue weighted by molar-refractivity contribution is 0.0346. The molecule has 2 atom stereocenters. The number of nitrogens with zero attached hydrogens (tertiary/aromatic N) is 4. The molecular formula is C19H26N4S2. The van der Waals surface area contributed by atoms with Gasteiger partial charge in [-0.1, -0.05) is 26.0 Å². The summed E-state index contributed by atoms with van der Waals surface area (Å²) in [6, 6.07) is 4.43. The van der Waals surface area contributed by atoms with Crippen molar-refractivity contribution in [3.05, 3.63) is 30.7 Å². The van der Waals surface area contributed by atoms with E-state index in [2.05, 4.69) is 58.7 Å². The minimum Gasteiger partial charge on any atom is -0.265 e. The number of thioether (sulfide) groups is 1. The van der Waals surface area contributed by atoms with Crippen molar-refractivity contribution in [3.8, 4) is 11.3 Å². The minimum absolute atomic E-state index is 0.274. The molecular weight excluding hydrogens is 348 g/mol. The van der Waals surface area contributed by atoms with Crippen molar-refractivity contribution in [2.45, 2.75) is 62.3 Å². The van der Waals surface area contributed by atoms with Crippen LogP contribution in [0.25, 0.3) is 11.3 Å². The average molecular weight is 375 g/mol. The lowest BCUT2D eigenvalue weighted by atomic mass is 9.57. The average Bonchev–Trinajstić information content (AvgIpc) is 3.17. The maximum atomic E-state index is 4.88. The first kappa shape index (κ1) is 17.4. The van der Waals surface area contributed by atoms with Gasteiger partial charge in [-0.25, -0.2) is 4.68 Å². The van der Waals surface area contributed by atoms with E-state index in [1.807, 2.05) is 12.1 Å². The first-order valence-corrected chi connectivity index (χ1v) is 10.6. The highest BCUT2D eigenvalue weighted by atomic mass is 32.2. The van der Waals surface area contributed by atoms with E-state index in [0.717, 1.165) is 11.3 Å². The molecule has 1 aliphatic heterocycles. The third kappa shape index (κ3) is 2.72. The Balaban J connectivity index is 1.51. The van der Waals surface area contributed by atoms with Gasteiger partial charge in [0.2, 0.25) is 0 Å². The van der Waals surface area contributed by atoms with Gasteiger partial charge in [0.25, 0.3) is 0 Å². The molecule has 2 unspecified atom stereocenters. The molecule has 0 bridgehead atoms. The molecule has 1 saturated heterocycles. The van der Waals surface area contributed by atoms with E-state index in [4.69, 9.17) is 12.6 Å². The number of hydrogen-bond donors (Lipinski definition) is 1. The van der Waals surface area contributed by atoms with Gasteiger partial charge < -0.3 is 0 Å². The molecule has 0 aromatic carbocycles. The van der Waals surface area contributed by atoms with Crippen LogP contribution in [0.4, 0.5) is 0 Å². The summed E-state index contributed by atoms with van der Waals surface area (Å²) in [4.78, 5) is 4.07. The van der Waals surface area contributed by atoms with Crippen LogP contribution >= 0.6 is 24.4 Å². The highest BCUT2D eigenvalue weighted by Crippen LogP contribution is 2.66. The molecule has 6 heteroatoms. The van der Waals surface area contributed by atoms with Gasteiger partial charge >= 0.3 is 0 Å². The third-order valence-corrected chi connectivity index (χ3v) is 9.44. The normalized spacial score (nSPS) is 34.5. The summed E-state index contributed by atoms with van der Waals surface area (Å²) in [7, 11) is 0. The van der Waals surface area contributed by atoms with Crippen LogP contribution in [-0.4, -0.2) is 29.8 Å². The Morgan fingerprint density at radius 2 is 1.88 bits per heavy atom. The molecule has 134 valence electrons. The van der Waals surface area contributed by atoms with Gasteiger partial charge in [-0.3, -0.25) is 4.98 Å². The van der Waals surface area contributed by atoms with Gasteiger partial charge in [0.15, 0.2) is 0 Å². The van der Waals surface area contributed by atoms with Crippen molar-refractivity contribution in [3.63, 3.8) is 0 Å². The van der Waals surface area contributed by atoms with Gasteiger partial charge in [-0.15, -0.1) is 16.9 Å².